The molecule has 0 spiro atoms. The van der Waals surface area contributed by atoms with Crippen molar-refractivity contribution in [1.82, 2.24) is 0 Å². The maximum atomic E-state index is 12.6. The first kappa shape index (κ1) is 17.7. The van der Waals surface area contributed by atoms with E-state index in [0.29, 0.717) is 0 Å². The Kier molecular flexibility index (Phi) is 4.05. The zero-order valence-electron chi connectivity index (χ0n) is 8.01. The van der Waals surface area contributed by atoms with E-state index in [-0.39, 0.29) is 0 Å². The highest BCUT2D eigenvalue weighted by atomic mass is 19.4. The lowest BCUT2D eigenvalue weighted by Crippen LogP contribution is -2.58. The number of alkyl halides is 11. The summed E-state index contributed by atoms with van der Waals surface area (Å²) in [5.41, 5.74) is 0. The monoisotopic (exact) mass is 311 g/mol. The molecule has 0 radical (unpaired) electrons. The Morgan fingerprint density at radius 1 is 0.684 bits per heavy atom. The minimum absolute atomic E-state index is 0.597. The van der Waals surface area contributed by atoms with Crippen molar-refractivity contribution in [3.63, 3.8) is 0 Å². The standard InChI is InChI=1S/C6F11NO/c7-2(1-18,4(10,11)12)19-6(16,17)3(8,9)5(13,14)15. The summed E-state index contributed by atoms with van der Waals surface area (Å²) < 4.78 is 133. The predicted octanol–water partition coefficient (Wildman–Crippen LogP) is 3.55. The maximum absolute atomic E-state index is 12.6. The molecule has 0 heterocycles. The second kappa shape index (κ2) is 4.36. The smallest absolute Gasteiger partial charge is 0.258 e. The van der Waals surface area contributed by atoms with Gasteiger partial charge in [0.25, 0.3) is 0 Å². The largest absolute Gasteiger partial charge is 0.463 e. The maximum Gasteiger partial charge on any atom is 0.463 e. The van der Waals surface area contributed by atoms with Crippen LogP contribution >= 0.6 is 0 Å². The van der Waals surface area contributed by atoms with Gasteiger partial charge in [-0.05, 0) is 0 Å². The number of hydrogen-bond donors (Lipinski definition) is 0. The van der Waals surface area contributed by atoms with Crippen LogP contribution in [0, 0.1) is 11.3 Å². The van der Waals surface area contributed by atoms with Crippen molar-refractivity contribution in [3.8, 4) is 6.07 Å². The van der Waals surface area contributed by atoms with Gasteiger partial charge in [-0.2, -0.15) is 53.6 Å². The molecule has 112 valence electrons. The molecule has 0 aliphatic carbocycles. The molecule has 0 aromatic carbocycles. The number of nitriles is 1. The Balaban J connectivity index is 5.57. The lowest BCUT2D eigenvalue weighted by atomic mass is 10.2. The van der Waals surface area contributed by atoms with Crippen molar-refractivity contribution >= 4 is 0 Å². The molecule has 0 N–H and O–H groups in total. The molecule has 0 saturated carbocycles. The Hall–Kier alpha value is -1.32. The fraction of sp³-hybridized carbons (Fsp3) is 0.833. The van der Waals surface area contributed by atoms with E-state index in [9.17, 15) is 48.3 Å². The molecule has 0 fully saturated rings. The topological polar surface area (TPSA) is 33.0 Å². The van der Waals surface area contributed by atoms with E-state index in [2.05, 4.69) is 0 Å². The summed E-state index contributed by atoms with van der Waals surface area (Å²) in [5.74, 6) is -13.2. The fourth-order valence-corrected chi connectivity index (χ4v) is 0.550. The van der Waals surface area contributed by atoms with Crippen molar-refractivity contribution in [2.45, 2.75) is 30.2 Å². The molecular weight excluding hydrogens is 311 g/mol. The molecule has 0 rings (SSSR count). The molecule has 0 aliphatic rings. The number of halogens is 11. The Bertz CT molecular complexity index is 376. The lowest BCUT2D eigenvalue weighted by molar-refractivity contribution is -0.471. The summed E-state index contributed by atoms with van der Waals surface area (Å²) in [6, 6.07) is -0.597. The van der Waals surface area contributed by atoms with Crippen molar-refractivity contribution in [1.29, 1.82) is 5.26 Å². The van der Waals surface area contributed by atoms with Crippen LogP contribution in [0.5, 0.6) is 0 Å². The van der Waals surface area contributed by atoms with E-state index in [1.165, 1.54) is 0 Å². The molecule has 1 atom stereocenters. The number of nitrogens with zero attached hydrogens (tertiary/aromatic N) is 1. The van der Waals surface area contributed by atoms with Crippen LogP contribution in [0.4, 0.5) is 48.3 Å². The van der Waals surface area contributed by atoms with Gasteiger partial charge in [-0.3, -0.25) is 4.74 Å². The van der Waals surface area contributed by atoms with Gasteiger partial charge in [-0.1, -0.05) is 0 Å². The average molecular weight is 311 g/mol. The normalized spacial score (nSPS) is 17.8. The van der Waals surface area contributed by atoms with Gasteiger partial charge in [0.1, 0.15) is 6.07 Å². The summed E-state index contributed by atoms with van der Waals surface area (Å²) in [4.78, 5) is 0. The van der Waals surface area contributed by atoms with Crippen molar-refractivity contribution in [2.24, 2.45) is 0 Å². The van der Waals surface area contributed by atoms with Gasteiger partial charge in [-0.15, -0.1) is 0 Å². The van der Waals surface area contributed by atoms with E-state index in [1.807, 2.05) is 0 Å². The van der Waals surface area contributed by atoms with E-state index >= 15 is 0 Å². The van der Waals surface area contributed by atoms with Gasteiger partial charge in [0.2, 0.25) is 0 Å². The first-order valence-electron chi connectivity index (χ1n) is 3.71. The van der Waals surface area contributed by atoms with Gasteiger partial charge in [0, 0.05) is 0 Å². The summed E-state index contributed by atoms with van der Waals surface area (Å²) >= 11 is 0. The van der Waals surface area contributed by atoms with Crippen LogP contribution in [-0.2, 0) is 4.74 Å². The number of ether oxygens (including phenoxy) is 1. The molecule has 0 amide bonds. The van der Waals surface area contributed by atoms with Gasteiger partial charge in [0.15, 0.2) is 0 Å². The zero-order chi connectivity index (χ0) is 15.9. The Morgan fingerprint density at radius 2 is 1.05 bits per heavy atom. The van der Waals surface area contributed by atoms with Crippen molar-refractivity contribution in [2.75, 3.05) is 0 Å². The SMILES string of the molecule is N#CC(F)(OC(F)(F)C(F)(F)C(F)(F)F)C(F)(F)F. The fourth-order valence-electron chi connectivity index (χ4n) is 0.550. The van der Waals surface area contributed by atoms with Crippen LogP contribution in [-0.4, -0.2) is 30.2 Å². The molecule has 13 heteroatoms. The third kappa shape index (κ3) is 2.99. The third-order valence-electron chi connectivity index (χ3n) is 1.50. The second-order valence-corrected chi connectivity index (χ2v) is 2.90. The molecule has 0 bridgehead atoms. The van der Waals surface area contributed by atoms with E-state index in [4.69, 9.17) is 5.26 Å². The highest BCUT2D eigenvalue weighted by Gasteiger charge is 2.78. The van der Waals surface area contributed by atoms with Gasteiger partial charge in [-0.25, -0.2) is 0 Å². The van der Waals surface area contributed by atoms with Crippen molar-refractivity contribution < 1.29 is 53.0 Å². The summed E-state index contributed by atoms with van der Waals surface area (Å²) in [7, 11) is 0. The molecule has 0 saturated heterocycles. The van der Waals surface area contributed by atoms with Crippen molar-refractivity contribution in [3.05, 3.63) is 0 Å². The van der Waals surface area contributed by atoms with Gasteiger partial charge in [0.05, 0.1) is 0 Å². The Labute approximate surface area is 95.9 Å². The first-order valence-corrected chi connectivity index (χ1v) is 3.71. The van der Waals surface area contributed by atoms with Crippen LogP contribution in [0.3, 0.4) is 0 Å². The quantitative estimate of drug-likeness (QED) is 0.747. The highest BCUT2D eigenvalue weighted by molar-refractivity contribution is 5.01. The van der Waals surface area contributed by atoms with Crippen LogP contribution in [0.2, 0.25) is 0 Å². The summed E-state index contributed by atoms with van der Waals surface area (Å²) in [6.45, 7) is 0. The predicted molar refractivity (Wildman–Crippen MR) is 32.5 cm³/mol. The van der Waals surface area contributed by atoms with Gasteiger partial charge < -0.3 is 0 Å². The molecule has 2 nitrogen and oxygen atoms in total. The zero-order valence-corrected chi connectivity index (χ0v) is 8.01. The van der Waals surface area contributed by atoms with Gasteiger partial charge >= 0.3 is 30.2 Å². The van der Waals surface area contributed by atoms with Crippen LogP contribution in [0.25, 0.3) is 0 Å². The van der Waals surface area contributed by atoms with E-state index < -0.39 is 36.3 Å². The molecule has 0 aliphatic heterocycles. The Morgan fingerprint density at radius 3 is 1.26 bits per heavy atom. The molecule has 0 aromatic rings. The van der Waals surface area contributed by atoms with Crippen LogP contribution < -0.4 is 0 Å². The van der Waals surface area contributed by atoms with E-state index in [0.717, 1.165) is 0 Å². The number of rotatable bonds is 3. The first-order chi connectivity index (χ1) is 8.02. The highest BCUT2D eigenvalue weighted by Crippen LogP contribution is 2.50. The molecule has 1 unspecified atom stereocenters. The second-order valence-electron chi connectivity index (χ2n) is 2.90. The molecule has 0 aromatic heterocycles. The minimum Gasteiger partial charge on any atom is -0.258 e. The van der Waals surface area contributed by atoms with Crippen LogP contribution in [0.1, 0.15) is 0 Å². The average Bonchev–Trinajstić information content (AvgIpc) is 2.12. The molecular formula is C6F11NO. The lowest BCUT2D eigenvalue weighted by Gasteiger charge is -2.31. The van der Waals surface area contributed by atoms with Crippen LogP contribution in [0.15, 0.2) is 0 Å². The molecule has 19 heavy (non-hydrogen) atoms. The minimum atomic E-state index is -7.14. The summed E-state index contributed by atoms with van der Waals surface area (Å²) in [5, 5.41) is 7.62. The third-order valence-corrected chi connectivity index (χ3v) is 1.50. The summed E-state index contributed by atoms with van der Waals surface area (Å²) in [6.07, 6.45) is -20.6. The van der Waals surface area contributed by atoms with E-state index in [1.54, 1.807) is 4.74 Å². The number of hydrogen-bond acceptors (Lipinski definition) is 2.